The highest BCUT2D eigenvalue weighted by Gasteiger charge is 2.38. The fourth-order valence-corrected chi connectivity index (χ4v) is 6.90. The number of methoxy groups -OCH3 is 1. The molecule has 204 valence electrons. The van der Waals surface area contributed by atoms with Crippen LogP contribution in [0.3, 0.4) is 0 Å². The Morgan fingerprint density at radius 2 is 1.92 bits per heavy atom. The van der Waals surface area contributed by atoms with Crippen LogP contribution in [-0.2, 0) is 20.2 Å². The average Bonchev–Trinajstić information content (AvgIpc) is 3.33. The molecule has 0 unspecified atom stereocenters. The van der Waals surface area contributed by atoms with Gasteiger partial charge in [-0.3, -0.25) is 14.4 Å². The number of sulfonamides is 1. The first-order valence-corrected chi connectivity index (χ1v) is 15.4. The van der Waals surface area contributed by atoms with Crippen LogP contribution in [0.25, 0.3) is 0 Å². The summed E-state index contributed by atoms with van der Waals surface area (Å²) in [5.41, 5.74) is 1.11. The summed E-state index contributed by atoms with van der Waals surface area (Å²) in [6, 6.07) is 11.6. The zero-order chi connectivity index (χ0) is 27.7. The maximum Gasteiger partial charge on any atom is 0.269 e. The van der Waals surface area contributed by atoms with Gasteiger partial charge in [0.15, 0.2) is 10.4 Å². The van der Waals surface area contributed by atoms with E-state index in [1.807, 2.05) is 32.9 Å². The number of rotatable bonds is 8. The van der Waals surface area contributed by atoms with Crippen molar-refractivity contribution in [3.8, 4) is 11.5 Å². The van der Waals surface area contributed by atoms with E-state index in [0.29, 0.717) is 28.2 Å². The molecule has 1 amide bonds. The molecule has 2 heterocycles. The molecule has 3 aromatic rings. The number of hydrogen-bond acceptors (Lipinski definition) is 9. The summed E-state index contributed by atoms with van der Waals surface area (Å²) in [5, 5.41) is 11.3. The second-order valence-corrected chi connectivity index (χ2v) is 14.4. The Labute approximate surface area is 232 Å². The number of amides is 1. The SMILES string of the molecule is COc1ccc(S(=O)(=O)N2C[C@@H](C(=O)Nc3nnc(SCC(C)C)s3)Oc3ccc(C(C)(C)C)cc32)cc1. The van der Waals surface area contributed by atoms with Crippen molar-refractivity contribution in [1.29, 1.82) is 0 Å². The molecule has 2 aromatic carbocycles. The van der Waals surface area contributed by atoms with Gasteiger partial charge in [0.25, 0.3) is 15.9 Å². The summed E-state index contributed by atoms with van der Waals surface area (Å²) in [6.07, 6.45) is -1.09. The van der Waals surface area contributed by atoms with Crippen molar-refractivity contribution in [3.63, 3.8) is 0 Å². The lowest BCUT2D eigenvalue weighted by molar-refractivity contribution is -0.122. The predicted octanol–water partition coefficient (Wildman–Crippen LogP) is 5.19. The number of benzene rings is 2. The Bertz CT molecular complexity index is 1400. The van der Waals surface area contributed by atoms with Gasteiger partial charge in [-0.15, -0.1) is 10.2 Å². The molecule has 0 fully saturated rings. The lowest BCUT2D eigenvalue weighted by atomic mass is 9.86. The van der Waals surface area contributed by atoms with Crippen molar-refractivity contribution >= 4 is 49.8 Å². The number of hydrogen-bond donors (Lipinski definition) is 1. The minimum Gasteiger partial charge on any atom is -0.497 e. The number of ether oxygens (including phenoxy) is 2. The number of thioether (sulfide) groups is 1. The standard InChI is InChI=1S/C26H32N4O5S3/c1-16(2)15-36-25-29-28-24(37-25)27-23(31)22-14-30(38(32,33)19-10-8-18(34-6)9-11-19)20-13-17(26(3,4)5)7-12-21(20)35-22/h7-13,16,22H,14-15H2,1-6H3,(H,27,28,31)/t22-/m0/s1. The Kier molecular flexibility index (Phi) is 8.24. The second-order valence-electron chi connectivity index (χ2n) is 10.3. The van der Waals surface area contributed by atoms with Crippen LogP contribution in [0.15, 0.2) is 51.7 Å². The number of anilines is 2. The summed E-state index contributed by atoms with van der Waals surface area (Å²) in [4.78, 5) is 13.3. The molecule has 1 N–H and O–H groups in total. The molecule has 1 atom stereocenters. The molecule has 0 saturated carbocycles. The average molecular weight is 577 g/mol. The minimum atomic E-state index is -4.02. The number of aromatic nitrogens is 2. The topological polar surface area (TPSA) is 111 Å². The van der Waals surface area contributed by atoms with E-state index in [1.54, 1.807) is 30.0 Å². The van der Waals surface area contributed by atoms with Crippen molar-refractivity contribution in [1.82, 2.24) is 10.2 Å². The van der Waals surface area contributed by atoms with E-state index in [-0.39, 0.29) is 16.9 Å². The Balaban J connectivity index is 1.65. The van der Waals surface area contributed by atoms with Gasteiger partial charge in [0.2, 0.25) is 5.13 Å². The maximum absolute atomic E-state index is 13.8. The van der Waals surface area contributed by atoms with Crippen molar-refractivity contribution in [2.45, 2.75) is 55.4 Å². The molecule has 1 aliphatic heterocycles. The minimum absolute atomic E-state index is 0.0856. The Morgan fingerprint density at radius 1 is 1.21 bits per heavy atom. The third-order valence-electron chi connectivity index (χ3n) is 5.81. The van der Waals surface area contributed by atoms with Gasteiger partial charge in [-0.1, -0.05) is 63.8 Å². The van der Waals surface area contributed by atoms with Crippen molar-refractivity contribution < 1.29 is 22.7 Å². The number of nitrogens with zero attached hydrogens (tertiary/aromatic N) is 3. The van der Waals surface area contributed by atoms with Gasteiger partial charge in [0.1, 0.15) is 11.5 Å². The van der Waals surface area contributed by atoms with Crippen LogP contribution in [0.2, 0.25) is 0 Å². The van der Waals surface area contributed by atoms with E-state index >= 15 is 0 Å². The summed E-state index contributed by atoms with van der Waals surface area (Å²) in [6.45, 7) is 10.2. The second kappa shape index (κ2) is 11.1. The molecule has 0 aliphatic carbocycles. The molecule has 0 radical (unpaired) electrons. The zero-order valence-corrected chi connectivity index (χ0v) is 24.7. The maximum atomic E-state index is 13.8. The fourth-order valence-electron chi connectivity index (χ4n) is 3.70. The van der Waals surface area contributed by atoms with E-state index in [0.717, 1.165) is 15.7 Å². The highest BCUT2D eigenvalue weighted by atomic mass is 32.2. The lowest BCUT2D eigenvalue weighted by Gasteiger charge is -2.35. The van der Waals surface area contributed by atoms with E-state index in [1.165, 1.54) is 34.9 Å². The van der Waals surface area contributed by atoms with E-state index in [2.05, 4.69) is 29.4 Å². The lowest BCUT2D eigenvalue weighted by Crippen LogP contribution is -2.49. The quantitative estimate of drug-likeness (QED) is 0.288. The predicted molar refractivity (Wildman–Crippen MR) is 151 cm³/mol. The van der Waals surface area contributed by atoms with Gasteiger partial charge in [-0.25, -0.2) is 8.42 Å². The van der Waals surface area contributed by atoms with Gasteiger partial charge in [0.05, 0.1) is 24.2 Å². The molecule has 0 bridgehead atoms. The van der Waals surface area contributed by atoms with Crippen LogP contribution < -0.4 is 19.1 Å². The van der Waals surface area contributed by atoms with Crippen molar-refractivity contribution in [2.24, 2.45) is 5.92 Å². The summed E-state index contributed by atoms with van der Waals surface area (Å²) < 4.78 is 40.9. The number of carbonyl (C=O) groups excluding carboxylic acids is 1. The Morgan fingerprint density at radius 3 is 2.55 bits per heavy atom. The highest BCUT2D eigenvalue weighted by molar-refractivity contribution is 8.01. The first-order valence-electron chi connectivity index (χ1n) is 12.1. The van der Waals surface area contributed by atoms with E-state index in [9.17, 15) is 13.2 Å². The first kappa shape index (κ1) is 28.2. The first-order chi connectivity index (χ1) is 17.9. The molecule has 38 heavy (non-hydrogen) atoms. The number of nitrogens with one attached hydrogen (secondary N) is 1. The van der Waals surface area contributed by atoms with Gasteiger partial charge < -0.3 is 9.47 Å². The highest BCUT2D eigenvalue weighted by Crippen LogP contribution is 2.40. The summed E-state index contributed by atoms with van der Waals surface area (Å²) >= 11 is 2.85. The van der Waals surface area contributed by atoms with Gasteiger partial charge in [0, 0.05) is 5.75 Å². The zero-order valence-electron chi connectivity index (χ0n) is 22.2. The van der Waals surface area contributed by atoms with Crippen LogP contribution in [0, 0.1) is 5.92 Å². The normalized spacial score (nSPS) is 15.7. The van der Waals surface area contributed by atoms with Crippen molar-refractivity contribution in [3.05, 3.63) is 48.0 Å². The van der Waals surface area contributed by atoms with Gasteiger partial charge in [-0.2, -0.15) is 0 Å². The molecule has 1 aromatic heterocycles. The van der Waals surface area contributed by atoms with Crippen LogP contribution in [-0.4, -0.2) is 50.0 Å². The Hall–Kier alpha value is -2.83. The van der Waals surface area contributed by atoms with E-state index < -0.39 is 22.0 Å². The smallest absolute Gasteiger partial charge is 0.269 e. The van der Waals surface area contributed by atoms with Crippen molar-refractivity contribution in [2.75, 3.05) is 29.0 Å². The fraction of sp³-hybridized carbons (Fsp3) is 0.423. The molecular formula is C26H32N4O5S3. The third-order valence-corrected chi connectivity index (χ3v) is 10.0. The van der Waals surface area contributed by atoms with Crippen LogP contribution in [0.1, 0.15) is 40.2 Å². The molecule has 0 saturated heterocycles. The number of carbonyl (C=O) groups is 1. The van der Waals surface area contributed by atoms with Crippen LogP contribution in [0.5, 0.6) is 11.5 Å². The molecule has 9 nitrogen and oxygen atoms in total. The summed E-state index contributed by atoms with van der Waals surface area (Å²) in [5.74, 6) is 1.74. The molecular weight excluding hydrogens is 545 g/mol. The summed E-state index contributed by atoms with van der Waals surface area (Å²) in [7, 11) is -2.51. The molecule has 4 rings (SSSR count). The molecule has 12 heteroatoms. The molecule has 0 spiro atoms. The largest absolute Gasteiger partial charge is 0.497 e. The van der Waals surface area contributed by atoms with E-state index in [4.69, 9.17) is 9.47 Å². The monoisotopic (exact) mass is 576 g/mol. The van der Waals surface area contributed by atoms with Gasteiger partial charge >= 0.3 is 0 Å². The molecule has 1 aliphatic rings. The number of fused-ring (bicyclic) bond motifs is 1. The van der Waals surface area contributed by atoms with Gasteiger partial charge in [-0.05, 0) is 53.3 Å². The van der Waals surface area contributed by atoms with Crippen LogP contribution >= 0.6 is 23.1 Å². The third kappa shape index (κ3) is 6.24. The van der Waals surface area contributed by atoms with Crippen LogP contribution in [0.4, 0.5) is 10.8 Å².